The predicted octanol–water partition coefficient (Wildman–Crippen LogP) is 4.21. The summed E-state index contributed by atoms with van der Waals surface area (Å²) < 4.78 is 10.7. The monoisotopic (exact) mass is 392 g/mol. The van der Waals surface area contributed by atoms with Gasteiger partial charge in [0.2, 0.25) is 0 Å². The van der Waals surface area contributed by atoms with E-state index in [1.807, 2.05) is 44.2 Å². The van der Waals surface area contributed by atoms with Crippen LogP contribution in [0.4, 0.5) is 0 Å². The molecule has 28 heavy (non-hydrogen) atoms. The summed E-state index contributed by atoms with van der Waals surface area (Å²) in [6.07, 6.45) is 0.364. The minimum atomic E-state index is -1.05. The molecule has 0 bridgehead atoms. The molecule has 0 radical (unpaired) electrons. The molecule has 0 aliphatic heterocycles. The minimum absolute atomic E-state index is 0.0430. The highest BCUT2D eigenvalue weighted by molar-refractivity contribution is 5.82. The minimum Gasteiger partial charge on any atom is -0.481 e. The second kappa shape index (κ2) is 10.8. The smallest absolute Gasteiger partial charge is 0.310 e. The second-order valence-electron chi connectivity index (χ2n) is 8.40. The van der Waals surface area contributed by atoms with Crippen molar-refractivity contribution < 1.29 is 29.0 Å². The molecule has 0 amide bonds. The summed E-state index contributed by atoms with van der Waals surface area (Å²) in [5.41, 5.74) is 0.132. The lowest BCUT2D eigenvalue weighted by molar-refractivity contribution is -0.168. The van der Waals surface area contributed by atoms with Gasteiger partial charge in [0.25, 0.3) is 0 Å². The van der Waals surface area contributed by atoms with Crippen molar-refractivity contribution >= 4 is 17.9 Å². The maximum absolute atomic E-state index is 12.6. The summed E-state index contributed by atoms with van der Waals surface area (Å²) in [5.74, 6) is -3.82. The van der Waals surface area contributed by atoms with E-state index in [2.05, 4.69) is 0 Å². The van der Waals surface area contributed by atoms with Crippen LogP contribution < -0.4 is 0 Å². The van der Waals surface area contributed by atoms with Crippen molar-refractivity contribution in [3.63, 3.8) is 0 Å². The Hall–Kier alpha value is -2.37. The first-order valence-electron chi connectivity index (χ1n) is 9.64. The van der Waals surface area contributed by atoms with Crippen molar-refractivity contribution in [3.8, 4) is 0 Å². The number of carbonyl (C=O) groups excluding carboxylic acids is 2. The maximum atomic E-state index is 12.6. The van der Waals surface area contributed by atoms with Crippen LogP contribution in [0.15, 0.2) is 30.3 Å². The third-order valence-electron chi connectivity index (χ3n) is 4.14. The summed E-state index contributed by atoms with van der Waals surface area (Å²) in [4.78, 5) is 36.5. The van der Waals surface area contributed by atoms with Crippen LogP contribution in [0.3, 0.4) is 0 Å². The Labute approximate surface area is 167 Å². The quantitative estimate of drug-likeness (QED) is 0.600. The zero-order valence-corrected chi connectivity index (χ0v) is 17.4. The molecular formula is C22H32O6. The molecule has 0 spiro atoms. The third-order valence-corrected chi connectivity index (χ3v) is 4.14. The lowest BCUT2D eigenvalue weighted by Gasteiger charge is -2.28. The summed E-state index contributed by atoms with van der Waals surface area (Å²) >= 11 is 0. The molecule has 0 heterocycles. The van der Waals surface area contributed by atoms with Gasteiger partial charge in [-0.3, -0.25) is 14.4 Å². The van der Waals surface area contributed by atoms with E-state index in [0.717, 1.165) is 5.56 Å². The van der Waals surface area contributed by atoms with E-state index in [4.69, 9.17) is 9.47 Å². The number of hydrogen-bond donors (Lipinski definition) is 1. The number of esters is 2. The van der Waals surface area contributed by atoms with Gasteiger partial charge < -0.3 is 14.6 Å². The van der Waals surface area contributed by atoms with Crippen LogP contribution in [-0.4, -0.2) is 28.6 Å². The van der Waals surface area contributed by atoms with Crippen LogP contribution in [0.5, 0.6) is 0 Å². The van der Waals surface area contributed by atoms with Gasteiger partial charge in [-0.2, -0.15) is 0 Å². The highest BCUT2D eigenvalue weighted by Gasteiger charge is 2.37. The fourth-order valence-corrected chi connectivity index (χ4v) is 2.89. The molecule has 6 heteroatoms. The zero-order chi connectivity index (χ0) is 21.3. The van der Waals surface area contributed by atoms with E-state index in [0.29, 0.717) is 6.42 Å². The molecule has 1 unspecified atom stereocenters. The molecule has 1 N–H and O–H groups in total. The average Bonchev–Trinajstić information content (AvgIpc) is 2.58. The van der Waals surface area contributed by atoms with Gasteiger partial charge in [-0.05, 0) is 45.1 Å². The molecule has 2 atom stereocenters. The fraction of sp³-hybridized carbons (Fsp3) is 0.591. The Bertz CT molecular complexity index is 645. The van der Waals surface area contributed by atoms with Crippen molar-refractivity contribution in [1.82, 2.24) is 0 Å². The van der Waals surface area contributed by atoms with Gasteiger partial charge >= 0.3 is 17.9 Å². The Kier molecular flexibility index (Phi) is 9.16. The number of benzene rings is 1. The van der Waals surface area contributed by atoms with Crippen LogP contribution in [0.1, 0.15) is 59.4 Å². The molecule has 0 aliphatic carbocycles. The van der Waals surface area contributed by atoms with Gasteiger partial charge in [-0.1, -0.05) is 44.2 Å². The Morgan fingerprint density at radius 2 is 1.64 bits per heavy atom. The lowest BCUT2D eigenvalue weighted by atomic mass is 9.82. The standard InChI is InChI=1S/C22H32O6/c1-15(2)13-18(20(24)25)17(21(26)28-22(3,4)5)11-12-19(23)27-14-16-9-7-6-8-10-16/h6-10,15,17-18H,11-14H2,1-5H3,(H,24,25)/t17-,18?/m0/s1. The van der Waals surface area contributed by atoms with Crippen LogP contribution in [0.2, 0.25) is 0 Å². The van der Waals surface area contributed by atoms with E-state index in [1.165, 1.54) is 0 Å². The molecule has 6 nitrogen and oxygen atoms in total. The van der Waals surface area contributed by atoms with Gasteiger partial charge in [0.15, 0.2) is 0 Å². The first-order valence-corrected chi connectivity index (χ1v) is 9.64. The molecule has 1 aromatic carbocycles. The van der Waals surface area contributed by atoms with Gasteiger partial charge in [0.1, 0.15) is 12.2 Å². The normalized spacial score (nSPS) is 13.6. The van der Waals surface area contributed by atoms with Gasteiger partial charge in [0, 0.05) is 6.42 Å². The van der Waals surface area contributed by atoms with Gasteiger partial charge in [-0.25, -0.2) is 0 Å². The lowest BCUT2D eigenvalue weighted by Crippen LogP contribution is -2.36. The van der Waals surface area contributed by atoms with Crippen LogP contribution >= 0.6 is 0 Å². The maximum Gasteiger partial charge on any atom is 0.310 e. The summed E-state index contributed by atoms with van der Waals surface area (Å²) in [5, 5.41) is 9.63. The second-order valence-corrected chi connectivity index (χ2v) is 8.40. The molecule has 0 saturated heterocycles. The molecule has 0 aromatic heterocycles. The highest BCUT2D eigenvalue weighted by Crippen LogP contribution is 2.28. The summed E-state index contributed by atoms with van der Waals surface area (Å²) in [6, 6.07) is 9.27. The molecule has 1 rings (SSSR count). The Morgan fingerprint density at radius 3 is 2.14 bits per heavy atom. The number of hydrogen-bond acceptors (Lipinski definition) is 5. The van der Waals surface area contributed by atoms with Crippen molar-refractivity contribution in [2.75, 3.05) is 0 Å². The number of rotatable bonds is 10. The number of carboxylic acids is 1. The first kappa shape index (κ1) is 23.7. The SMILES string of the molecule is CC(C)CC(C(=O)O)[C@H](CCC(=O)OCc1ccccc1)C(=O)OC(C)(C)C. The molecule has 0 aliphatic rings. The van der Waals surface area contributed by atoms with Crippen molar-refractivity contribution in [2.24, 2.45) is 17.8 Å². The number of carboxylic acid groups (broad SMARTS) is 1. The zero-order valence-electron chi connectivity index (χ0n) is 17.4. The van der Waals surface area contributed by atoms with Crippen LogP contribution in [-0.2, 0) is 30.5 Å². The summed E-state index contributed by atoms with van der Waals surface area (Å²) in [6.45, 7) is 9.13. The number of carbonyl (C=O) groups is 3. The molecule has 0 fully saturated rings. The van der Waals surface area contributed by atoms with E-state index in [9.17, 15) is 19.5 Å². The molecule has 1 aromatic rings. The predicted molar refractivity (Wildman–Crippen MR) is 105 cm³/mol. The van der Waals surface area contributed by atoms with Crippen molar-refractivity contribution in [3.05, 3.63) is 35.9 Å². The molecular weight excluding hydrogens is 360 g/mol. The van der Waals surface area contributed by atoms with Crippen LogP contribution in [0.25, 0.3) is 0 Å². The average molecular weight is 392 g/mol. The third kappa shape index (κ3) is 9.02. The Morgan fingerprint density at radius 1 is 1.04 bits per heavy atom. The van der Waals surface area contributed by atoms with Crippen molar-refractivity contribution in [2.45, 2.75) is 66.1 Å². The van der Waals surface area contributed by atoms with Gasteiger partial charge in [0.05, 0.1) is 11.8 Å². The highest BCUT2D eigenvalue weighted by atomic mass is 16.6. The summed E-state index contributed by atoms with van der Waals surface area (Å²) in [7, 11) is 0. The largest absolute Gasteiger partial charge is 0.481 e. The van der Waals surface area contributed by atoms with E-state index in [-0.39, 0.29) is 25.4 Å². The van der Waals surface area contributed by atoms with E-state index >= 15 is 0 Å². The topological polar surface area (TPSA) is 89.9 Å². The van der Waals surface area contributed by atoms with E-state index < -0.39 is 35.3 Å². The Balaban J connectivity index is 2.78. The fourth-order valence-electron chi connectivity index (χ4n) is 2.89. The van der Waals surface area contributed by atoms with E-state index in [1.54, 1.807) is 20.8 Å². The molecule has 156 valence electrons. The van der Waals surface area contributed by atoms with Crippen LogP contribution in [0, 0.1) is 17.8 Å². The number of aliphatic carboxylic acids is 1. The van der Waals surface area contributed by atoms with Crippen molar-refractivity contribution in [1.29, 1.82) is 0 Å². The number of ether oxygens (including phenoxy) is 2. The molecule has 0 saturated carbocycles. The van der Waals surface area contributed by atoms with Gasteiger partial charge in [-0.15, -0.1) is 0 Å². The first-order chi connectivity index (χ1) is 13.0.